The molecule has 0 aromatic carbocycles. The Bertz CT molecular complexity index is 353. The zero-order valence-corrected chi connectivity index (χ0v) is 8.23. The minimum absolute atomic E-state index is 0.113. The Morgan fingerprint density at radius 1 is 1.71 bits per heavy atom. The molecule has 0 atom stereocenters. The molecule has 0 saturated heterocycles. The van der Waals surface area contributed by atoms with E-state index < -0.39 is 5.97 Å². The number of rotatable bonds is 4. The second-order valence-corrected chi connectivity index (χ2v) is 3.92. The Morgan fingerprint density at radius 3 is 2.93 bits per heavy atom. The van der Waals surface area contributed by atoms with E-state index in [1.807, 2.05) is 11.5 Å². The molecule has 0 unspecified atom stereocenters. The van der Waals surface area contributed by atoms with Gasteiger partial charge in [-0.25, -0.2) is 4.98 Å². The number of hydrogen-bond donors (Lipinski definition) is 1. The van der Waals surface area contributed by atoms with Gasteiger partial charge in [-0.2, -0.15) is 0 Å². The quantitative estimate of drug-likeness (QED) is 0.788. The van der Waals surface area contributed by atoms with Gasteiger partial charge < -0.3 is 9.67 Å². The highest BCUT2D eigenvalue weighted by Crippen LogP contribution is 2.50. The molecule has 1 saturated carbocycles. The Labute approximate surface area is 82.6 Å². The zero-order chi connectivity index (χ0) is 10.2. The maximum absolute atomic E-state index is 10.7. The average Bonchev–Trinajstić information content (AvgIpc) is 2.75. The molecule has 1 aliphatic rings. The van der Waals surface area contributed by atoms with E-state index in [2.05, 4.69) is 4.98 Å². The lowest BCUT2D eigenvalue weighted by atomic mass is 9.98. The fourth-order valence-corrected chi connectivity index (χ4v) is 1.98. The maximum atomic E-state index is 10.7. The summed E-state index contributed by atoms with van der Waals surface area (Å²) >= 11 is 0. The van der Waals surface area contributed by atoms with Gasteiger partial charge in [0.25, 0.3) is 0 Å². The number of imidazole rings is 1. The molecule has 4 heteroatoms. The molecule has 14 heavy (non-hydrogen) atoms. The van der Waals surface area contributed by atoms with Gasteiger partial charge in [-0.05, 0) is 19.8 Å². The van der Waals surface area contributed by atoms with Gasteiger partial charge in [-0.1, -0.05) is 0 Å². The van der Waals surface area contributed by atoms with Crippen LogP contribution in [0.2, 0.25) is 0 Å². The molecule has 76 valence electrons. The molecule has 4 nitrogen and oxygen atoms in total. The average molecular weight is 194 g/mol. The molecular formula is C10H14N2O2. The minimum atomic E-state index is -0.716. The van der Waals surface area contributed by atoms with Crippen LogP contribution in [-0.2, 0) is 16.8 Å². The van der Waals surface area contributed by atoms with Crippen LogP contribution in [0.1, 0.15) is 31.9 Å². The van der Waals surface area contributed by atoms with Gasteiger partial charge in [-0.15, -0.1) is 0 Å². The van der Waals surface area contributed by atoms with Gasteiger partial charge >= 0.3 is 5.97 Å². The van der Waals surface area contributed by atoms with E-state index in [4.69, 9.17) is 5.11 Å². The molecule has 0 radical (unpaired) electrons. The third kappa shape index (κ3) is 1.41. The maximum Gasteiger partial charge on any atom is 0.304 e. The van der Waals surface area contributed by atoms with Crippen molar-refractivity contribution >= 4 is 5.97 Å². The van der Waals surface area contributed by atoms with Crippen molar-refractivity contribution in [1.29, 1.82) is 0 Å². The monoisotopic (exact) mass is 194 g/mol. The summed E-state index contributed by atoms with van der Waals surface area (Å²) in [6.45, 7) is 2.90. The summed E-state index contributed by atoms with van der Waals surface area (Å²) in [7, 11) is 0. The van der Waals surface area contributed by atoms with E-state index in [9.17, 15) is 4.79 Å². The summed E-state index contributed by atoms with van der Waals surface area (Å²) in [4.78, 5) is 14.8. The minimum Gasteiger partial charge on any atom is -0.481 e. The summed E-state index contributed by atoms with van der Waals surface area (Å²) in [5.74, 6) is -0.716. The molecule has 0 bridgehead atoms. The fraction of sp³-hybridized carbons (Fsp3) is 0.600. The van der Waals surface area contributed by atoms with E-state index >= 15 is 0 Å². The molecule has 1 aromatic rings. The van der Waals surface area contributed by atoms with Gasteiger partial charge in [0.1, 0.15) is 0 Å². The largest absolute Gasteiger partial charge is 0.481 e. The van der Waals surface area contributed by atoms with Crippen molar-refractivity contribution in [2.75, 3.05) is 0 Å². The van der Waals surface area contributed by atoms with Crippen molar-refractivity contribution in [3.05, 3.63) is 18.2 Å². The Kier molecular flexibility index (Phi) is 2.06. The summed E-state index contributed by atoms with van der Waals surface area (Å²) < 4.78 is 2.04. The molecule has 2 rings (SSSR count). The molecule has 0 aliphatic heterocycles. The van der Waals surface area contributed by atoms with Gasteiger partial charge in [0.15, 0.2) is 0 Å². The lowest BCUT2D eigenvalue weighted by Crippen LogP contribution is -2.17. The zero-order valence-electron chi connectivity index (χ0n) is 8.23. The number of carboxylic acid groups (broad SMARTS) is 1. The predicted molar refractivity (Wildman–Crippen MR) is 51.1 cm³/mol. The normalized spacial score (nSPS) is 18.1. The number of aryl methyl sites for hydroxylation is 1. The van der Waals surface area contributed by atoms with Crippen LogP contribution < -0.4 is 0 Å². The summed E-state index contributed by atoms with van der Waals surface area (Å²) in [6.07, 6.45) is 5.77. The molecule has 1 fully saturated rings. The second kappa shape index (κ2) is 3.12. The Hall–Kier alpha value is -1.32. The van der Waals surface area contributed by atoms with E-state index in [-0.39, 0.29) is 11.8 Å². The van der Waals surface area contributed by atoms with Crippen molar-refractivity contribution in [2.45, 2.75) is 38.1 Å². The summed E-state index contributed by atoms with van der Waals surface area (Å²) in [6, 6.07) is 0. The fourth-order valence-electron chi connectivity index (χ4n) is 1.98. The topological polar surface area (TPSA) is 55.1 Å². The van der Waals surface area contributed by atoms with E-state index in [1.54, 1.807) is 12.5 Å². The first-order valence-corrected chi connectivity index (χ1v) is 4.90. The lowest BCUT2D eigenvalue weighted by Gasteiger charge is -2.14. The van der Waals surface area contributed by atoms with Crippen molar-refractivity contribution in [2.24, 2.45) is 0 Å². The van der Waals surface area contributed by atoms with Gasteiger partial charge in [0.05, 0.1) is 12.7 Å². The lowest BCUT2D eigenvalue weighted by molar-refractivity contribution is -0.137. The molecule has 1 aromatic heterocycles. The van der Waals surface area contributed by atoms with Crippen LogP contribution in [0.4, 0.5) is 0 Å². The molecular weight excluding hydrogens is 180 g/mol. The first-order chi connectivity index (χ1) is 6.68. The smallest absolute Gasteiger partial charge is 0.304 e. The van der Waals surface area contributed by atoms with E-state index in [1.165, 1.54) is 0 Å². The third-order valence-electron chi connectivity index (χ3n) is 2.94. The Morgan fingerprint density at radius 2 is 2.43 bits per heavy atom. The van der Waals surface area contributed by atoms with E-state index in [0.29, 0.717) is 0 Å². The molecule has 1 aliphatic carbocycles. The van der Waals surface area contributed by atoms with Crippen LogP contribution in [-0.4, -0.2) is 20.6 Å². The summed E-state index contributed by atoms with van der Waals surface area (Å²) in [5, 5.41) is 8.82. The van der Waals surface area contributed by atoms with Crippen LogP contribution >= 0.6 is 0 Å². The van der Waals surface area contributed by atoms with Gasteiger partial charge in [-0.3, -0.25) is 4.79 Å². The number of nitrogens with zero attached hydrogens (tertiary/aromatic N) is 2. The van der Waals surface area contributed by atoms with Crippen molar-refractivity contribution < 1.29 is 9.90 Å². The first-order valence-electron chi connectivity index (χ1n) is 4.90. The van der Waals surface area contributed by atoms with Gasteiger partial charge in [0.2, 0.25) is 0 Å². The molecule has 0 amide bonds. The van der Waals surface area contributed by atoms with E-state index in [0.717, 1.165) is 25.1 Å². The van der Waals surface area contributed by atoms with Crippen molar-refractivity contribution in [1.82, 2.24) is 9.55 Å². The SMILES string of the molecule is CCn1cncc1C1(CC(=O)O)CC1. The number of aliphatic carboxylic acids is 1. The van der Waals surface area contributed by atoms with Crippen LogP contribution in [0.15, 0.2) is 12.5 Å². The van der Waals surface area contributed by atoms with Crippen molar-refractivity contribution in [3.8, 4) is 0 Å². The number of aromatic nitrogens is 2. The highest BCUT2D eigenvalue weighted by Gasteiger charge is 2.48. The Balaban J connectivity index is 2.25. The highest BCUT2D eigenvalue weighted by molar-refractivity contribution is 5.69. The molecule has 1 heterocycles. The number of carboxylic acids is 1. The highest BCUT2D eigenvalue weighted by atomic mass is 16.4. The predicted octanol–water partition coefficient (Wildman–Crippen LogP) is 1.41. The summed E-state index contributed by atoms with van der Waals surface area (Å²) in [5.41, 5.74) is 0.973. The third-order valence-corrected chi connectivity index (χ3v) is 2.94. The number of hydrogen-bond acceptors (Lipinski definition) is 2. The number of carbonyl (C=O) groups is 1. The molecule has 0 spiro atoms. The van der Waals surface area contributed by atoms with Crippen LogP contribution in [0.25, 0.3) is 0 Å². The van der Waals surface area contributed by atoms with Crippen LogP contribution in [0.5, 0.6) is 0 Å². The van der Waals surface area contributed by atoms with Crippen LogP contribution in [0, 0.1) is 0 Å². The standard InChI is InChI=1S/C10H14N2O2/c1-2-12-7-11-6-8(12)10(3-4-10)5-9(13)14/h6-7H,2-5H2,1H3,(H,13,14). The van der Waals surface area contributed by atoms with Crippen LogP contribution in [0.3, 0.4) is 0 Å². The second-order valence-electron chi connectivity index (χ2n) is 3.92. The molecule has 1 N–H and O–H groups in total. The van der Waals surface area contributed by atoms with Gasteiger partial charge in [0, 0.05) is 23.9 Å². The van der Waals surface area contributed by atoms with Crippen molar-refractivity contribution in [3.63, 3.8) is 0 Å². The first kappa shape index (κ1) is 9.24.